The van der Waals surface area contributed by atoms with Crippen LogP contribution in [0.25, 0.3) is 0 Å². The highest BCUT2D eigenvalue weighted by Crippen LogP contribution is 2.31. The highest BCUT2D eigenvalue weighted by molar-refractivity contribution is 7.86. The van der Waals surface area contributed by atoms with Gasteiger partial charge in [-0.05, 0) is 11.6 Å². The third-order valence-corrected chi connectivity index (χ3v) is 6.56. The van der Waals surface area contributed by atoms with E-state index in [1.807, 2.05) is 18.2 Å². The summed E-state index contributed by atoms with van der Waals surface area (Å²) in [6, 6.07) is 7.01. The van der Waals surface area contributed by atoms with E-state index >= 15 is 0 Å². The van der Waals surface area contributed by atoms with Gasteiger partial charge in [0.2, 0.25) is 0 Å². The molecule has 0 aromatic heterocycles. The summed E-state index contributed by atoms with van der Waals surface area (Å²) >= 11 is 6.32. The zero-order valence-corrected chi connectivity index (χ0v) is 16.2. The Morgan fingerprint density at radius 3 is 2.48 bits per heavy atom. The lowest BCUT2D eigenvalue weighted by Crippen LogP contribution is -2.54. The average molecular weight is 392 g/mol. The zero-order valence-electron chi connectivity index (χ0n) is 14.7. The molecular formula is C16H26ClN3O4S. The van der Waals surface area contributed by atoms with Crippen molar-refractivity contribution in [3.63, 3.8) is 0 Å². The summed E-state index contributed by atoms with van der Waals surface area (Å²) in [5.41, 5.74) is 0.804. The second-order valence-electron chi connectivity index (χ2n) is 5.74. The number of halogens is 1. The average Bonchev–Trinajstić information content (AvgIpc) is 2.62. The van der Waals surface area contributed by atoms with Crippen LogP contribution in [0.15, 0.2) is 24.3 Å². The first-order valence-corrected chi connectivity index (χ1v) is 9.99. The first kappa shape index (κ1) is 20.6. The van der Waals surface area contributed by atoms with Gasteiger partial charge in [0, 0.05) is 52.0 Å². The lowest BCUT2D eigenvalue weighted by Gasteiger charge is -2.38. The van der Waals surface area contributed by atoms with Crippen molar-refractivity contribution in [2.45, 2.75) is 6.04 Å². The van der Waals surface area contributed by atoms with Crippen molar-refractivity contribution in [1.82, 2.24) is 13.9 Å². The van der Waals surface area contributed by atoms with Crippen LogP contribution >= 0.6 is 11.6 Å². The van der Waals surface area contributed by atoms with Crippen LogP contribution in [-0.2, 0) is 19.7 Å². The molecule has 1 N–H and O–H groups in total. The quantitative estimate of drug-likeness (QED) is 0.683. The number of methoxy groups -OCH3 is 2. The Balaban J connectivity index is 2.30. The molecule has 1 unspecified atom stereocenters. The lowest BCUT2D eigenvalue weighted by atomic mass is 10.1. The Bertz CT molecular complexity index is 636. The van der Waals surface area contributed by atoms with E-state index in [4.69, 9.17) is 21.1 Å². The van der Waals surface area contributed by atoms with Crippen LogP contribution in [0.4, 0.5) is 0 Å². The molecule has 1 aliphatic heterocycles. The Labute approximate surface area is 155 Å². The van der Waals surface area contributed by atoms with Crippen molar-refractivity contribution in [2.24, 2.45) is 0 Å². The van der Waals surface area contributed by atoms with Gasteiger partial charge in [0.05, 0.1) is 19.3 Å². The van der Waals surface area contributed by atoms with Gasteiger partial charge in [-0.3, -0.25) is 0 Å². The third kappa shape index (κ3) is 5.13. The molecule has 1 saturated heterocycles. The molecule has 1 aromatic rings. The number of hydrogen-bond donors (Lipinski definition) is 1. The number of nitrogens with one attached hydrogen (secondary N) is 1. The van der Waals surface area contributed by atoms with Crippen molar-refractivity contribution >= 4 is 21.8 Å². The van der Waals surface area contributed by atoms with Crippen molar-refractivity contribution in [3.05, 3.63) is 34.9 Å². The fourth-order valence-electron chi connectivity index (χ4n) is 2.85. The number of rotatable bonds is 9. The van der Waals surface area contributed by atoms with Crippen LogP contribution < -0.4 is 5.32 Å². The van der Waals surface area contributed by atoms with Crippen LogP contribution in [0, 0.1) is 0 Å². The summed E-state index contributed by atoms with van der Waals surface area (Å²) < 4.78 is 39.6. The van der Waals surface area contributed by atoms with E-state index in [0.29, 0.717) is 37.9 Å². The van der Waals surface area contributed by atoms with E-state index in [9.17, 15) is 8.42 Å². The third-order valence-electron chi connectivity index (χ3n) is 4.17. The van der Waals surface area contributed by atoms with E-state index in [-0.39, 0.29) is 19.1 Å². The van der Waals surface area contributed by atoms with Crippen LogP contribution in [0.1, 0.15) is 11.6 Å². The number of nitrogens with zero attached hydrogens (tertiary/aromatic N) is 2. The smallest absolute Gasteiger partial charge is 0.282 e. The number of benzene rings is 1. The molecule has 0 amide bonds. The first-order valence-electron chi connectivity index (χ1n) is 8.22. The van der Waals surface area contributed by atoms with Crippen LogP contribution in [0.2, 0.25) is 5.02 Å². The predicted molar refractivity (Wildman–Crippen MR) is 98.0 cm³/mol. The predicted octanol–water partition coefficient (Wildman–Crippen LogP) is 1.13. The maximum atomic E-state index is 13.3. The van der Waals surface area contributed by atoms with Crippen molar-refractivity contribution < 1.29 is 17.9 Å². The van der Waals surface area contributed by atoms with Gasteiger partial charge in [0.1, 0.15) is 0 Å². The fourth-order valence-corrected chi connectivity index (χ4v) is 4.85. The van der Waals surface area contributed by atoms with Gasteiger partial charge in [-0.1, -0.05) is 29.8 Å². The summed E-state index contributed by atoms with van der Waals surface area (Å²) in [5, 5.41) is 3.82. The molecule has 7 nitrogen and oxygen atoms in total. The van der Waals surface area contributed by atoms with Gasteiger partial charge in [0.15, 0.2) is 0 Å². The van der Waals surface area contributed by atoms with Gasteiger partial charge in [-0.25, -0.2) is 0 Å². The van der Waals surface area contributed by atoms with Gasteiger partial charge >= 0.3 is 0 Å². The molecule has 0 radical (unpaired) electrons. The molecule has 0 spiro atoms. The van der Waals surface area contributed by atoms with Gasteiger partial charge < -0.3 is 14.8 Å². The number of ether oxygens (including phenoxy) is 2. The van der Waals surface area contributed by atoms with Gasteiger partial charge in [0.25, 0.3) is 10.2 Å². The lowest BCUT2D eigenvalue weighted by molar-refractivity contribution is 0.143. The summed E-state index contributed by atoms with van der Waals surface area (Å²) in [7, 11) is -0.567. The molecule has 1 atom stereocenters. The molecule has 1 fully saturated rings. The topological polar surface area (TPSA) is 71.1 Å². The van der Waals surface area contributed by atoms with E-state index in [1.165, 1.54) is 8.61 Å². The number of hydrogen-bond acceptors (Lipinski definition) is 5. The second kappa shape index (κ2) is 9.82. The van der Waals surface area contributed by atoms with Gasteiger partial charge in [-0.2, -0.15) is 17.0 Å². The van der Waals surface area contributed by atoms with Crippen LogP contribution in [0.3, 0.4) is 0 Å². The van der Waals surface area contributed by atoms with E-state index in [1.54, 1.807) is 20.3 Å². The van der Waals surface area contributed by atoms with Crippen molar-refractivity contribution in [2.75, 3.05) is 60.2 Å². The Hall–Kier alpha value is -0.740. The largest absolute Gasteiger partial charge is 0.383 e. The molecule has 0 saturated carbocycles. The maximum absolute atomic E-state index is 13.3. The minimum atomic E-state index is -3.67. The molecule has 142 valence electrons. The molecule has 1 aliphatic rings. The zero-order chi connectivity index (χ0) is 18.3. The summed E-state index contributed by atoms with van der Waals surface area (Å²) in [4.78, 5) is 0. The Kier molecular flexibility index (Phi) is 8.08. The molecule has 0 bridgehead atoms. The Morgan fingerprint density at radius 1 is 1.24 bits per heavy atom. The highest BCUT2D eigenvalue weighted by Gasteiger charge is 2.37. The summed E-state index contributed by atoms with van der Waals surface area (Å²) in [6.07, 6.45) is 0. The minimum absolute atomic E-state index is 0.279. The minimum Gasteiger partial charge on any atom is -0.383 e. The SMILES string of the molecule is COCCN(CCOC)S(=O)(=O)N1CCNCC1c1ccccc1Cl. The molecule has 1 aromatic carbocycles. The normalized spacial score (nSPS) is 19.4. The molecule has 9 heteroatoms. The van der Waals surface area contributed by atoms with E-state index in [2.05, 4.69) is 5.32 Å². The second-order valence-corrected chi connectivity index (χ2v) is 8.03. The highest BCUT2D eigenvalue weighted by atomic mass is 35.5. The van der Waals surface area contributed by atoms with Crippen LogP contribution in [0.5, 0.6) is 0 Å². The maximum Gasteiger partial charge on any atom is 0.282 e. The molecule has 0 aliphatic carbocycles. The monoisotopic (exact) mass is 391 g/mol. The fraction of sp³-hybridized carbons (Fsp3) is 0.625. The van der Waals surface area contributed by atoms with Gasteiger partial charge in [-0.15, -0.1) is 0 Å². The van der Waals surface area contributed by atoms with E-state index in [0.717, 1.165) is 5.56 Å². The molecule has 2 rings (SSSR count). The first-order chi connectivity index (χ1) is 12.0. The Morgan fingerprint density at radius 2 is 1.88 bits per heavy atom. The number of piperazine rings is 1. The molecule has 25 heavy (non-hydrogen) atoms. The van der Waals surface area contributed by atoms with Crippen molar-refractivity contribution in [3.8, 4) is 0 Å². The van der Waals surface area contributed by atoms with E-state index < -0.39 is 10.2 Å². The summed E-state index contributed by atoms with van der Waals surface area (Å²) in [5.74, 6) is 0. The summed E-state index contributed by atoms with van der Waals surface area (Å²) in [6.45, 7) is 2.71. The molecule has 1 heterocycles. The van der Waals surface area contributed by atoms with Crippen LogP contribution in [-0.4, -0.2) is 77.2 Å². The standard InChI is InChI=1S/C16H26ClN3O4S/c1-23-11-9-19(10-12-24-2)25(21,22)20-8-7-18-13-16(20)14-5-3-4-6-15(14)17/h3-6,16,18H,7-13H2,1-2H3. The molecular weight excluding hydrogens is 366 g/mol. The van der Waals surface area contributed by atoms with Crippen molar-refractivity contribution in [1.29, 1.82) is 0 Å².